The van der Waals surface area contributed by atoms with Crippen molar-refractivity contribution in [1.29, 1.82) is 0 Å². The Morgan fingerprint density at radius 3 is 2.26 bits per heavy atom. The highest BCUT2D eigenvalue weighted by molar-refractivity contribution is 6.32. The van der Waals surface area contributed by atoms with E-state index in [-0.39, 0.29) is 31.0 Å². The Kier molecular flexibility index (Phi) is 9.20. The van der Waals surface area contributed by atoms with Gasteiger partial charge in [0.1, 0.15) is 11.8 Å². The summed E-state index contributed by atoms with van der Waals surface area (Å²) < 4.78 is 5.77. The van der Waals surface area contributed by atoms with Gasteiger partial charge in [-0.1, -0.05) is 48.3 Å². The van der Waals surface area contributed by atoms with Gasteiger partial charge in [-0.15, -0.1) is 0 Å². The number of ether oxygens (including phenoxy) is 1. The molecule has 1 N–H and O–H groups in total. The van der Waals surface area contributed by atoms with Crippen molar-refractivity contribution >= 4 is 35.0 Å². The standard InChI is InChI=1S/C24H30Cl2N2O3/c1-6-21(24(30)27-15(2)3)28(13-18-9-7-8-10-20(18)25)22(29)14-31-19-11-16(4)23(26)17(5)12-19/h7-12,15,21H,6,13-14H2,1-5H3,(H,27,30)/t21-/m1/s1. The molecule has 0 spiro atoms. The van der Waals surface area contributed by atoms with Crippen LogP contribution in [0.4, 0.5) is 0 Å². The zero-order valence-corrected chi connectivity index (χ0v) is 20.2. The first kappa shape index (κ1) is 25.0. The molecule has 2 rings (SSSR count). The van der Waals surface area contributed by atoms with Crippen LogP contribution >= 0.6 is 23.2 Å². The minimum atomic E-state index is -0.636. The lowest BCUT2D eigenvalue weighted by molar-refractivity contribution is -0.143. The molecule has 0 radical (unpaired) electrons. The van der Waals surface area contributed by atoms with Crippen molar-refractivity contribution in [3.8, 4) is 5.75 Å². The van der Waals surface area contributed by atoms with Gasteiger partial charge in [0, 0.05) is 22.6 Å². The number of nitrogens with one attached hydrogen (secondary N) is 1. The third-order valence-corrected chi connectivity index (χ3v) is 5.85. The second-order valence-electron chi connectivity index (χ2n) is 7.86. The van der Waals surface area contributed by atoms with Crippen LogP contribution in [-0.2, 0) is 16.1 Å². The third-order valence-electron chi connectivity index (χ3n) is 4.89. The van der Waals surface area contributed by atoms with Crippen molar-refractivity contribution in [3.05, 3.63) is 63.1 Å². The molecular formula is C24H30Cl2N2O3. The van der Waals surface area contributed by atoms with Crippen LogP contribution in [0.15, 0.2) is 36.4 Å². The first-order valence-electron chi connectivity index (χ1n) is 10.4. The smallest absolute Gasteiger partial charge is 0.261 e. The zero-order chi connectivity index (χ0) is 23.1. The van der Waals surface area contributed by atoms with E-state index >= 15 is 0 Å². The average molecular weight is 465 g/mol. The van der Waals surface area contributed by atoms with Gasteiger partial charge >= 0.3 is 0 Å². The molecule has 0 saturated carbocycles. The molecule has 0 bridgehead atoms. The second-order valence-corrected chi connectivity index (χ2v) is 8.65. The highest BCUT2D eigenvalue weighted by Crippen LogP contribution is 2.26. The van der Waals surface area contributed by atoms with Gasteiger partial charge in [-0.25, -0.2) is 0 Å². The van der Waals surface area contributed by atoms with Crippen molar-refractivity contribution in [1.82, 2.24) is 10.2 Å². The predicted molar refractivity (Wildman–Crippen MR) is 126 cm³/mol. The molecule has 0 heterocycles. The lowest BCUT2D eigenvalue weighted by Gasteiger charge is -2.31. The lowest BCUT2D eigenvalue weighted by Crippen LogP contribution is -2.51. The van der Waals surface area contributed by atoms with Crippen molar-refractivity contribution in [2.24, 2.45) is 0 Å². The number of benzene rings is 2. The molecule has 7 heteroatoms. The van der Waals surface area contributed by atoms with Gasteiger partial charge in [0.05, 0.1) is 0 Å². The van der Waals surface area contributed by atoms with Crippen LogP contribution in [0.1, 0.15) is 43.9 Å². The number of halogens is 2. The summed E-state index contributed by atoms with van der Waals surface area (Å²) in [6.45, 7) is 9.44. The predicted octanol–water partition coefficient (Wildman–Crippen LogP) is 5.32. The van der Waals surface area contributed by atoms with Gasteiger partial charge in [-0.05, 0) is 69.0 Å². The monoisotopic (exact) mass is 464 g/mol. The topological polar surface area (TPSA) is 58.6 Å². The third kappa shape index (κ3) is 6.88. The number of carbonyl (C=O) groups excluding carboxylic acids is 2. The van der Waals surface area contributed by atoms with Gasteiger partial charge in [0.2, 0.25) is 5.91 Å². The molecule has 31 heavy (non-hydrogen) atoms. The minimum Gasteiger partial charge on any atom is -0.484 e. The van der Waals surface area contributed by atoms with Crippen LogP contribution < -0.4 is 10.1 Å². The van der Waals surface area contributed by atoms with E-state index in [1.807, 2.05) is 52.8 Å². The molecule has 0 unspecified atom stereocenters. The largest absolute Gasteiger partial charge is 0.484 e. The van der Waals surface area contributed by atoms with Gasteiger partial charge in [-0.2, -0.15) is 0 Å². The summed E-state index contributed by atoms with van der Waals surface area (Å²) in [7, 11) is 0. The summed E-state index contributed by atoms with van der Waals surface area (Å²) in [6, 6.07) is 10.2. The van der Waals surface area contributed by atoms with E-state index < -0.39 is 6.04 Å². The summed E-state index contributed by atoms with van der Waals surface area (Å²) in [5.74, 6) is 0.0668. The van der Waals surface area contributed by atoms with Gasteiger partial charge in [0.25, 0.3) is 5.91 Å². The van der Waals surface area contributed by atoms with Crippen molar-refractivity contribution in [2.75, 3.05) is 6.61 Å². The number of hydrogen-bond donors (Lipinski definition) is 1. The number of amides is 2. The number of aryl methyl sites for hydroxylation is 2. The summed E-state index contributed by atoms with van der Waals surface area (Å²) in [4.78, 5) is 27.6. The molecule has 168 valence electrons. The Bertz CT molecular complexity index is 908. The summed E-state index contributed by atoms with van der Waals surface area (Å²) in [6.07, 6.45) is 0.466. The lowest BCUT2D eigenvalue weighted by atomic mass is 10.1. The Labute approximate surface area is 194 Å². The molecule has 2 aromatic rings. The fourth-order valence-electron chi connectivity index (χ4n) is 3.33. The summed E-state index contributed by atoms with van der Waals surface area (Å²) in [5.41, 5.74) is 2.52. The Hall–Kier alpha value is -2.24. The average Bonchev–Trinajstić information content (AvgIpc) is 2.70. The van der Waals surface area contributed by atoms with E-state index in [0.717, 1.165) is 16.7 Å². The van der Waals surface area contributed by atoms with Crippen LogP contribution in [0.3, 0.4) is 0 Å². The van der Waals surface area contributed by atoms with E-state index in [1.54, 1.807) is 18.2 Å². The van der Waals surface area contributed by atoms with Crippen molar-refractivity contribution < 1.29 is 14.3 Å². The van der Waals surface area contributed by atoms with Crippen LogP contribution in [0.5, 0.6) is 5.75 Å². The molecule has 1 atom stereocenters. The van der Waals surface area contributed by atoms with Crippen LogP contribution in [0.25, 0.3) is 0 Å². The van der Waals surface area contributed by atoms with Crippen molar-refractivity contribution in [2.45, 2.75) is 59.7 Å². The Balaban J connectivity index is 2.26. The maximum Gasteiger partial charge on any atom is 0.261 e. The Morgan fingerprint density at radius 1 is 1.10 bits per heavy atom. The summed E-state index contributed by atoms with van der Waals surface area (Å²) in [5, 5.41) is 4.13. The number of nitrogens with zero attached hydrogens (tertiary/aromatic N) is 1. The molecule has 0 fully saturated rings. The quantitative estimate of drug-likeness (QED) is 0.545. The van der Waals surface area contributed by atoms with Crippen LogP contribution in [-0.4, -0.2) is 35.4 Å². The second kappa shape index (κ2) is 11.4. The highest BCUT2D eigenvalue weighted by Gasteiger charge is 2.29. The summed E-state index contributed by atoms with van der Waals surface area (Å²) >= 11 is 12.5. The van der Waals surface area contributed by atoms with Crippen molar-refractivity contribution in [3.63, 3.8) is 0 Å². The SMILES string of the molecule is CC[C@H](C(=O)NC(C)C)N(Cc1ccccc1Cl)C(=O)COc1cc(C)c(Cl)c(C)c1. The molecular weight excluding hydrogens is 435 g/mol. The molecule has 2 aromatic carbocycles. The first-order valence-corrected chi connectivity index (χ1v) is 11.1. The molecule has 0 saturated heterocycles. The fourth-order valence-corrected chi connectivity index (χ4v) is 3.63. The van der Waals surface area contributed by atoms with Gasteiger partial charge in [0.15, 0.2) is 6.61 Å². The number of rotatable bonds is 9. The first-order chi connectivity index (χ1) is 14.6. The molecule has 0 aliphatic rings. The van der Waals surface area contributed by atoms with E-state index in [4.69, 9.17) is 27.9 Å². The van der Waals surface area contributed by atoms with Gasteiger partial charge in [-0.3, -0.25) is 9.59 Å². The zero-order valence-electron chi connectivity index (χ0n) is 18.7. The maximum atomic E-state index is 13.2. The molecule has 0 aromatic heterocycles. The van der Waals surface area contributed by atoms with Gasteiger partial charge < -0.3 is 15.0 Å². The van der Waals surface area contributed by atoms with E-state index in [1.165, 1.54) is 4.90 Å². The van der Waals surface area contributed by atoms with E-state index in [2.05, 4.69) is 5.32 Å². The molecule has 2 amide bonds. The molecule has 0 aliphatic heterocycles. The normalized spacial score (nSPS) is 11.9. The highest BCUT2D eigenvalue weighted by atomic mass is 35.5. The minimum absolute atomic E-state index is 0.0323. The molecule has 0 aliphatic carbocycles. The van der Waals surface area contributed by atoms with Crippen LogP contribution in [0, 0.1) is 13.8 Å². The number of carbonyl (C=O) groups is 2. The van der Waals surface area contributed by atoms with E-state index in [9.17, 15) is 9.59 Å². The number of hydrogen-bond acceptors (Lipinski definition) is 3. The fraction of sp³-hybridized carbons (Fsp3) is 0.417. The van der Waals surface area contributed by atoms with Crippen LogP contribution in [0.2, 0.25) is 10.0 Å². The molecule has 5 nitrogen and oxygen atoms in total. The maximum absolute atomic E-state index is 13.2. The van der Waals surface area contributed by atoms with E-state index in [0.29, 0.717) is 22.2 Å². The Morgan fingerprint density at radius 2 is 1.71 bits per heavy atom.